The fourth-order valence-electron chi connectivity index (χ4n) is 1.62. The Morgan fingerprint density at radius 2 is 2.11 bits per heavy atom. The van der Waals surface area contributed by atoms with Gasteiger partial charge in [-0.2, -0.15) is 0 Å². The van der Waals surface area contributed by atoms with Gasteiger partial charge in [-0.1, -0.05) is 28.9 Å². The number of pyridine rings is 1. The molecule has 0 saturated carbocycles. The van der Waals surface area contributed by atoms with Crippen molar-refractivity contribution in [3.8, 4) is 11.6 Å². The number of ether oxygens (including phenoxy) is 1. The maximum absolute atomic E-state index is 5.75. The van der Waals surface area contributed by atoms with Crippen LogP contribution in [0, 0.1) is 0 Å². The highest BCUT2D eigenvalue weighted by molar-refractivity contribution is 9.10. The van der Waals surface area contributed by atoms with E-state index in [1.165, 1.54) is 0 Å². The molecule has 0 atom stereocenters. The molecule has 18 heavy (non-hydrogen) atoms. The molecule has 0 spiro atoms. The molecule has 4 heteroatoms. The molecule has 2 aromatic rings. The minimum atomic E-state index is 0.490. The molecule has 3 nitrogen and oxygen atoms in total. The maximum atomic E-state index is 5.75. The van der Waals surface area contributed by atoms with Crippen LogP contribution in [0.3, 0.4) is 0 Å². The third kappa shape index (κ3) is 3.31. The summed E-state index contributed by atoms with van der Waals surface area (Å²) in [6.45, 7) is 2.55. The molecule has 1 aromatic carbocycles. The van der Waals surface area contributed by atoms with E-state index in [1.807, 2.05) is 36.4 Å². The zero-order chi connectivity index (χ0) is 13.0. The SMILES string of the molecule is CCc1cc(CN)cc(Oc2cccc(Br)c2)n1. The normalized spacial score (nSPS) is 10.4. The average molecular weight is 307 g/mol. The summed E-state index contributed by atoms with van der Waals surface area (Å²) in [5, 5.41) is 0. The number of nitrogens with zero attached hydrogens (tertiary/aromatic N) is 1. The van der Waals surface area contributed by atoms with Crippen LogP contribution in [0.25, 0.3) is 0 Å². The number of halogens is 1. The molecule has 0 aliphatic rings. The van der Waals surface area contributed by atoms with Gasteiger partial charge in [0.05, 0.1) is 0 Å². The Hall–Kier alpha value is -1.39. The van der Waals surface area contributed by atoms with Gasteiger partial charge in [-0.15, -0.1) is 0 Å². The van der Waals surface area contributed by atoms with Crippen LogP contribution in [0.1, 0.15) is 18.2 Å². The summed E-state index contributed by atoms with van der Waals surface area (Å²) in [7, 11) is 0. The molecule has 94 valence electrons. The van der Waals surface area contributed by atoms with Gasteiger partial charge in [0.25, 0.3) is 0 Å². The predicted octanol–water partition coefficient (Wildman–Crippen LogP) is 3.66. The molecule has 0 fully saturated rings. The molecular weight excluding hydrogens is 292 g/mol. The van der Waals surface area contributed by atoms with E-state index in [0.717, 1.165) is 27.9 Å². The molecule has 1 aromatic heterocycles. The van der Waals surface area contributed by atoms with Crippen LogP contribution >= 0.6 is 15.9 Å². The van der Waals surface area contributed by atoms with Crippen LogP contribution in [-0.4, -0.2) is 4.98 Å². The zero-order valence-electron chi connectivity index (χ0n) is 10.2. The number of nitrogens with two attached hydrogens (primary N) is 1. The van der Waals surface area contributed by atoms with Gasteiger partial charge < -0.3 is 10.5 Å². The second-order valence-electron chi connectivity index (χ2n) is 3.92. The van der Waals surface area contributed by atoms with Gasteiger partial charge in [-0.25, -0.2) is 4.98 Å². The van der Waals surface area contributed by atoms with Gasteiger partial charge in [-0.05, 0) is 36.2 Å². The maximum Gasteiger partial charge on any atom is 0.219 e. The third-order valence-corrected chi connectivity index (χ3v) is 3.02. The average Bonchev–Trinajstić information content (AvgIpc) is 2.38. The van der Waals surface area contributed by atoms with Crippen LogP contribution in [0.2, 0.25) is 0 Å². The first-order valence-corrected chi connectivity index (χ1v) is 6.64. The second-order valence-corrected chi connectivity index (χ2v) is 4.84. The standard InChI is InChI=1S/C14H15BrN2O/c1-2-12-6-10(9-16)7-14(17-12)18-13-5-3-4-11(15)8-13/h3-8H,2,9,16H2,1H3. The van der Waals surface area contributed by atoms with Crippen molar-refractivity contribution in [2.75, 3.05) is 0 Å². The van der Waals surface area contributed by atoms with Crippen LogP contribution in [0.5, 0.6) is 11.6 Å². The number of rotatable bonds is 4. The topological polar surface area (TPSA) is 48.1 Å². The Kier molecular flexibility index (Phi) is 4.33. The summed E-state index contributed by atoms with van der Waals surface area (Å²) < 4.78 is 6.72. The number of hydrogen-bond donors (Lipinski definition) is 1. The minimum Gasteiger partial charge on any atom is -0.439 e. The minimum absolute atomic E-state index is 0.490. The van der Waals surface area contributed by atoms with E-state index in [2.05, 4.69) is 27.8 Å². The van der Waals surface area contributed by atoms with Crippen LogP contribution in [0.15, 0.2) is 40.9 Å². The Morgan fingerprint density at radius 3 is 2.78 bits per heavy atom. The Bertz CT molecular complexity index is 521. The second kappa shape index (κ2) is 5.98. The first-order chi connectivity index (χ1) is 8.71. The molecule has 0 amide bonds. The molecule has 1 heterocycles. The summed E-state index contributed by atoms with van der Waals surface area (Å²) >= 11 is 3.41. The predicted molar refractivity (Wildman–Crippen MR) is 75.7 cm³/mol. The van der Waals surface area contributed by atoms with Crippen molar-refractivity contribution in [3.05, 3.63) is 52.1 Å². The monoisotopic (exact) mass is 306 g/mol. The highest BCUT2D eigenvalue weighted by atomic mass is 79.9. The van der Waals surface area contributed by atoms with Crippen LogP contribution < -0.4 is 10.5 Å². The van der Waals surface area contributed by atoms with E-state index in [1.54, 1.807) is 0 Å². The van der Waals surface area contributed by atoms with E-state index in [4.69, 9.17) is 10.5 Å². The first-order valence-electron chi connectivity index (χ1n) is 5.84. The number of hydrogen-bond acceptors (Lipinski definition) is 3. The van der Waals surface area contributed by atoms with Gasteiger partial charge in [0, 0.05) is 22.8 Å². The lowest BCUT2D eigenvalue weighted by atomic mass is 10.2. The van der Waals surface area contributed by atoms with Crippen molar-refractivity contribution in [2.45, 2.75) is 19.9 Å². The van der Waals surface area contributed by atoms with E-state index < -0.39 is 0 Å². The lowest BCUT2D eigenvalue weighted by molar-refractivity contribution is 0.459. The summed E-state index contributed by atoms with van der Waals surface area (Å²) in [6.07, 6.45) is 0.864. The molecule has 0 saturated heterocycles. The highest BCUT2D eigenvalue weighted by Gasteiger charge is 2.04. The fraction of sp³-hybridized carbons (Fsp3) is 0.214. The largest absolute Gasteiger partial charge is 0.439 e. The zero-order valence-corrected chi connectivity index (χ0v) is 11.8. The van der Waals surface area contributed by atoms with Crippen molar-refractivity contribution in [2.24, 2.45) is 5.73 Å². The molecule has 0 unspecified atom stereocenters. The van der Waals surface area contributed by atoms with Crippen LogP contribution in [-0.2, 0) is 13.0 Å². The smallest absolute Gasteiger partial charge is 0.219 e. The molecule has 0 radical (unpaired) electrons. The molecule has 2 N–H and O–H groups in total. The van der Waals surface area contributed by atoms with Crippen molar-refractivity contribution in [1.29, 1.82) is 0 Å². The summed E-state index contributed by atoms with van der Waals surface area (Å²) in [4.78, 5) is 4.43. The van der Waals surface area contributed by atoms with E-state index in [-0.39, 0.29) is 0 Å². The molecule has 0 aliphatic heterocycles. The third-order valence-electron chi connectivity index (χ3n) is 2.53. The molecular formula is C14H15BrN2O. The van der Waals surface area contributed by atoms with Crippen molar-refractivity contribution >= 4 is 15.9 Å². The molecule has 0 bridgehead atoms. The van der Waals surface area contributed by atoms with Crippen molar-refractivity contribution in [3.63, 3.8) is 0 Å². The van der Waals surface area contributed by atoms with Crippen LogP contribution in [0.4, 0.5) is 0 Å². The van der Waals surface area contributed by atoms with Gasteiger partial charge in [0.2, 0.25) is 5.88 Å². The first kappa shape index (κ1) is 13.1. The Morgan fingerprint density at radius 1 is 1.28 bits per heavy atom. The Balaban J connectivity index is 2.28. The van der Waals surface area contributed by atoms with Crippen molar-refractivity contribution < 1.29 is 4.74 Å². The van der Waals surface area contributed by atoms with Gasteiger partial charge in [0.15, 0.2) is 0 Å². The van der Waals surface area contributed by atoms with E-state index in [0.29, 0.717) is 12.4 Å². The van der Waals surface area contributed by atoms with E-state index >= 15 is 0 Å². The van der Waals surface area contributed by atoms with Gasteiger partial charge in [0.1, 0.15) is 5.75 Å². The molecule has 2 rings (SSSR count). The number of benzene rings is 1. The fourth-order valence-corrected chi connectivity index (χ4v) is 2.00. The summed E-state index contributed by atoms with van der Waals surface area (Å²) in [5.74, 6) is 1.35. The number of aromatic nitrogens is 1. The lowest BCUT2D eigenvalue weighted by Crippen LogP contribution is -2.00. The molecule has 0 aliphatic carbocycles. The van der Waals surface area contributed by atoms with Gasteiger partial charge >= 0.3 is 0 Å². The van der Waals surface area contributed by atoms with Crippen molar-refractivity contribution in [1.82, 2.24) is 4.98 Å². The summed E-state index contributed by atoms with van der Waals surface area (Å²) in [5.41, 5.74) is 7.69. The van der Waals surface area contributed by atoms with Gasteiger partial charge in [-0.3, -0.25) is 0 Å². The Labute approximate surface area is 115 Å². The lowest BCUT2D eigenvalue weighted by Gasteiger charge is -2.08. The quantitative estimate of drug-likeness (QED) is 0.938. The highest BCUT2D eigenvalue weighted by Crippen LogP contribution is 2.24. The number of aryl methyl sites for hydroxylation is 1. The summed E-state index contributed by atoms with van der Waals surface area (Å²) in [6, 6.07) is 11.6. The van der Waals surface area contributed by atoms with E-state index in [9.17, 15) is 0 Å².